The Labute approximate surface area is 318 Å². The van der Waals surface area contributed by atoms with Gasteiger partial charge in [-0.25, -0.2) is 19.1 Å². The standard InChI is InChI=1S/C39H52N6O8S/c1-8-9-12-22-51-39(46)52-29(6)45(54(47,48)34-18-16-27(4)25-42-34)37-35(53-33-14-11-10-13-32(33)49-7)38(50-23-20-40)44-36(43-37)30-19-21-41-31(24-30)28(5)17-15-26(2)3/h10-11,13-14,16,18-19,21,24-26,28-29H,8-9,12,15,17,20,22-23,40H2,1-7H3/t28-,29?/m0/s1. The van der Waals surface area contributed by atoms with E-state index < -0.39 is 22.4 Å². The van der Waals surface area contributed by atoms with Gasteiger partial charge in [-0.1, -0.05) is 65.2 Å². The van der Waals surface area contributed by atoms with E-state index in [9.17, 15) is 13.2 Å². The van der Waals surface area contributed by atoms with Gasteiger partial charge in [-0.15, -0.1) is 0 Å². The Balaban J connectivity index is 1.99. The normalized spacial score (nSPS) is 12.5. The molecule has 292 valence electrons. The summed E-state index contributed by atoms with van der Waals surface area (Å²) in [7, 11) is -3.18. The van der Waals surface area contributed by atoms with Gasteiger partial charge >= 0.3 is 6.16 Å². The molecule has 4 rings (SSSR count). The van der Waals surface area contributed by atoms with Crippen LogP contribution in [0, 0.1) is 12.8 Å². The average molecular weight is 765 g/mol. The van der Waals surface area contributed by atoms with E-state index in [-0.39, 0.29) is 59.7 Å². The number of anilines is 1. The molecule has 2 atom stereocenters. The molecule has 0 saturated heterocycles. The summed E-state index contributed by atoms with van der Waals surface area (Å²) in [5, 5.41) is -0.335. The van der Waals surface area contributed by atoms with Crippen LogP contribution in [0.5, 0.6) is 23.1 Å². The molecular formula is C39H52N6O8S. The van der Waals surface area contributed by atoms with Crippen LogP contribution in [0.3, 0.4) is 0 Å². The van der Waals surface area contributed by atoms with E-state index in [0.29, 0.717) is 23.7 Å². The van der Waals surface area contributed by atoms with E-state index in [4.69, 9.17) is 39.4 Å². The highest BCUT2D eigenvalue weighted by molar-refractivity contribution is 7.92. The lowest BCUT2D eigenvalue weighted by Gasteiger charge is -2.30. The summed E-state index contributed by atoms with van der Waals surface area (Å²) in [5.74, 6) is 0.634. The molecule has 3 aromatic heterocycles. The van der Waals surface area contributed by atoms with E-state index in [1.807, 2.05) is 13.0 Å². The molecule has 3 heterocycles. The molecule has 0 bridgehead atoms. The first-order chi connectivity index (χ1) is 25.9. The second-order valence-corrected chi connectivity index (χ2v) is 15.0. The number of benzene rings is 1. The number of nitrogens with zero attached hydrogens (tertiary/aromatic N) is 5. The summed E-state index contributed by atoms with van der Waals surface area (Å²) in [4.78, 5) is 31.4. The molecule has 4 aromatic rings. The van der Waals surface area contributed by atoms with E-state index in [1.165, 1.54) is 26.3 Å². The topological polar surface area (TPSA) is 178 Å². The number of pyridine rings is 2. The maximum Gasteiger partial charge on any atom is 0.510 e. The third-order valence-electron chi connectivity index (χ3n) is 8.36. The monoisotopic (exact) mass is 764 g/mol. The molecule has 0 amide bonds. The van der Waals surface area contributed by atoms with Gasteiger partial charge in [0.05, 0.1) is 13.7 Å². The third-order valence-corrected chi connectivity index (χ3v) is 10.1. The summed E-state index contributed by atoms with van der Waals surface area (Å²) in [6.07, 6.45) is 4.78. The second kappa shape index (κ2) is 19.9. The Bertz CT molecular complexity index is 1930. The van der Waals surface area contributed by atoms with E-state index >= 15 is 0 Å². The molecule has 54 heavy (non-hydrogen) atoms. The largest absolute Gasteiger partial charge is 0.510 e. The van der Waals surface area contributed by atoms with Crippen LogP contribution in [-0.2, 0) is 19.5 Å². The maximum atomic E-state index is 14.8. The van der Waals surface area contributed by atoms with Crippen molar-refractivity contribution >= 4 is 22.0 Å². The molecule has 0 radical (unpaired) electrons. The first-order valence-electron chi connectivity index (χ1n) is 18.2. The van der Waals surface area contributed by atoms with Crippen LogP contribution in [0.25, 0.3) is 11.4 Å². The molecule has 1 aromatic carbocycles. The number of para-hydroxylation sites is 2. The van der Waals surface area contributed by atoms with Crippen molar-refractivity contribution in [1.29, 1.82) is 0 Å². The number of hydrogen-bond acceptors (Lipinski definition) is 13. The van der Waals surface area contributed by atoms with Crippen molar-refractivity contribution in [2.45, 2.75) is 90.8 Å². The number of nitrogens with two attached hydrogens (primary N) is 1. The SMILES string of the molecule is CCCCCOC(=O)OC(C)N(c1nc(-c2ccnc([C@@H](C)CCC(C)C)c2)nc(OCCN)c1Oc1ccccc1OC)S(=O)(=O)c1ccc(C)cn1. The zero-order chi connectivity index (χ0) is 39.3. The summed E-state index contributed by atoms with van der Waals surface area (Å²) >= 11 is 0. The Hall–Kier alpha value is -5.02. The van der Waals surface area contributed by atoms with Crippen molar-refractivity contribution in [1.82, 2.24) is 19.9 Å². The Morgan fingerprint density at radius 2 is 1.70 bits per heavy atom. The fraction of sp³-hybridized carbons (Fsp3) is 0.462. The number of methoxy groups -OCH3 is 1. The summed E-state index contributed by atoms with van der Waals surface area (Å²) < 4.78 is 59.3. The minimum Gasteiger partial charge on any atom is -0.493 e. The predicted molar refractivity (Wildman–Crippen MR) is 205 cm³/mol. The summed E-state index contributed by atoms with van der Waals surface area (Å²) in [6, 6.07) is 13.3. The van der Waals surface area contributed by atoms with Crippen LogP contribution in [0.1, 0.15) is 83.9 Å². The lowest BCUT2D eigenvalue weighted by atomic mass is 9.95. The number of carbonyl (C=O) groups is 1. The predicted octanol–water partition coefficient (Wildman–Crippen LogP) is 7.80. The first kappa shape index (κ1) is 41.7. The van der Waals surface area contributed by atoms with Gasteiger partial charge in [0.15, 0.2) is 34.4 Å². The van der Waals surface area contributed by atoms with Gasteiger partial charge < -0.3 is 29.4 Å². The smallest absolute Gasteiger partial charge is 0.493 e. The van der Waals surface area contributed by atoms with Gasteiger partial charge in [0.2, 0.25) is 5.75 Å². The Morgan fingerprint density at radius 1 is 0.944 bits per heavy atom. The van der Waals surface area contributed by atoms with Crippen molar-refractivity contribution in [2.24, 2.45) is 11.7 Å². The zero-order valence-electron chi connectivity index (χ0n) is 32.2. The van der Waals surface area contributed by atoms with E-state index in [2.05, 4.69) is 30.7 Å². The molecule has 0 saturated carbocycles. The number of unbranched alkanes of at least 4 members (excludes halogenated alkanes) is 2. The Kier molecular flexibility index (Phi) is 15.4. The van der Waals surface area contributed by atoms with Gasteiger partial charge in [-0.3, -0.25) is 4.98 Å². The second-order valence-electron chi connectivity index (χ2n) is 13.2. The van der Waals surface area contributed by atoms with Crippen molar-refractivity contribution in [2.75, 3.05) is 31.2 Å². The van der Waals surface area contributed by atoms with Crippen molar-refractivity contribution in [3.8, 4) is 34.5 Å². The van der Waals surface area contributed by atoms with Crippen LogP contribution in [0.2, 0.25) is 0 Å². The fourth-order valence-corrected chi connectivity index (χ4v) is 6.77. The van der Waals surface area contributed by atoms with Gasteiger partial charge in [0.25, 0.3) is 15.9 Å². The van der Waals surface area contributed by atoms with Crippen LogP contribution in [-0.4, -0.2) is 67.6 Å². The fourth-order valence-electron chi connectivity index (χ4n) is 5.36. The third kappa shape index (κ3) is 11.0. The van der Waals surface area contributed by atoms with Gasteiger partial charge in [0, 0.05) is 30.2 Å². The number of aryl methyl sites for hydroxylation is 1. The molecule has 15 heteroatoms. The number of ether oxygens (including phenoxy) is 5. The summed E-state index contributed by atoms with van der Waals surface area (Å²) in [6.45, 7) is 11.8. The van der Waals surface area contributed by atoms with E-state index in [1.54, 1.807) is 49.5 Å². The highest BCUT2D eigenvalue weighted by atomic mass is 32.2. The lowest BCUT2D eigenvalue weighted by molar-refractivity contribution is 0.0316. The minimum absolute atomic E-state index is 0.00554. The first-order valence-corrected chi connectivity index (χ1v) is 19.7. The number of aromatic nitrogens is 4. The van der Waals surface area contributed by atoms with Crippen molar-refractivity contribution in [3.05, 3.63) is 72.2 Å². The highest BCUT2D eigenvalue weighted by Crippen LogP contribution is 2.44. The van der Waals surface area contributed by atoms with Crippen molar-refractivity contribution < 1.29 is 36.9 Å². The minimum atomic E-state index is -4.65. The zero-order valence-corrected chi connectivity index (χ0v) is 33.0. The van der Waals surface area contributed by atoms with E-state index in [0.717, 1.165) is 41.2 Å². The van der Waals surface area contributed by atoms with Crippen molar-refractivity contribution in [3.63, 3.8) is 0 Å². The Morgan fingerprint density at radius 3 is 2.37 bits per heavy atom. The van der Waals surface area contributed by atoms with Crippen LogP contribution in [0.4, 0.5) is 10.6 Å². The lowest BCUT2D eigenvalue weighted by Crippen LogP contribution is -2.42. The molecule has 0 spiro atoms. The molecule has 2 N–H and O–H groups in total. The molecule has 0 aliphatic rings. The quantitative estimate of drug-likeness (QED) is 0.0524. The highest BCUT2D eigenvalue weighted by Gasteiger charge is 2.39. The number of carbonyl (C=O) groups excluding carboxylic acids is 1. The molecule has 14 nitrogen and oxygen atoms in total. The van der Waals surface area contributed by atoms with Crippen LogP contribution >= 0.6 is 0 Å². The molecule has 0 aliphatic carbocycles. The maximum absolute atomic E-state index is 14.8. The average Bonchev–Trinajstić information content (AvgIpc) is 3.15. The van der Waals surface area contributed by atoms with Gasteiger partial charge in [0.1, 0.15) is 6.61 Å². The van der Waals surface area contributed by atoms with Crippen LogP contribution < -0.4 is 24.2 Å². The molecule has 0 fully saturated rings. The number of rotatable bonds is 20. The number of sulfonamides is 1. The molecule has 1 unspecified atom stereocenters. The van der Waals surface area contributed by atoms with Gasteiger partial charge in [-0.2, -0.15) is 13.4 Å². The summed E-state index contributed by atoms with van der Waals surface area (Å²) in [5.41, 5.74) is 7.95. The molecule has 0 aliphatic heterocycles. The van der Waals surface area contributed by atoms with Gasteiger partial charge in [-0.05, 0) is 74.4 Å². The number of hydrogen-bond donors (Lipinski definition) is 1. The molecular weight excluding hydrogens is 713 g/mol. The van der Waals surface area contributed by atoms with Crippen LogP contribution in [0.15, 0.2) is 66.0 Å².